The summed E-state index contributed by atoms with van der Waals surface area (Å²) in [5.41, 5.74) is 0. The van der Waals surface area contributed by atoms with E-state index in [-0.39, 0.29) is 12.0 Å². The van der Waals surface area contributed by atoms with Crippen LogP contribution in [0.5, 0.6) is 0 Å². The largest absolute Gasteiger partial charge is 0.372 e. The van der Waals surface area contributed by atoms with Gasteiger partial charge in [0.2, 0.25) is 0 Å². The average Bonchev–Trinajstić information content (AvgIpc) is 2.16. The molecular weight excluding hydrogens is 166 g/mol. The molecule has 0 aromatic rings. The molecule has 3 heteroatoms. The van der Waals surface area contributed by atoms with Crippen molar-refractivity contribution in [3.8, 4) is 0 Å². The van der Waals surface area contributed by atoms with Crippen molar-refractivity contribution >= 4 is 5.91 Å². The number of methoxy groups -OCH3 is 1. The first-order valence-corrected chi connectivity index (χ1v) is 5.00. The van der Waals surface area contributed by atoms with E-state index in [1.807, 2.05) is 11.8 Å². The van der Waals surface area contributed by atoms with Gasteiger partial charge in [0.1, 0.15) is 6.10 Å². The van der Waals surface area contributed by atoms with Crippen LogP contribution in [0.1, 0.15) is 33.1 Å². The third-order valence-corrected chi connectivity index (χ3v) is 2.79. The highest BCUT2D eigenvalue weighted by molar-refractivity contribution is 5.80. The molecule has 2 unspecified atom stereocenters. The van der Waals surface area contributed by atoms with Gasteiger partial charge >= 0.3 is 0 Å². The van der Waals surface area contributed by atoms with E-state index in [9.17, 15) is 4.79 Å². The minimum Gasteiger partial charge on any atom is -0.372 e. The lowest BCUT2D eigenvalue weighted by Gasteiger charge is -2.34. The molecule has 1 aliphatic rings. The first-order chi connectivity index (χ1) is 6.16. The van der Waals surface area contributed by atoms with Crippen LogP contribution in [0.2, 0.25) is 0 Å². The molecule has 1 fully saturated rings. The van der Waals surface area contributed by atoms with Gasteiger partial charge in [-0.2, -0.15) is 0 Å². The molecule has 0 aromatic heterocycles. The lowest BCUT2D eigenvalue weighted by atomic mass is 10.0. The van der Waals surface area contributed by atoms with Crippen molar-refractivity contribution in [3.05, 3.63) is 0 Å². The molecule has 1 amide bonds. The molecule has 1 heterocycles. The van der Waals surface area contributed by atoms with Gasteiger partial charge in [0.25, 0.3) is 5.91 Å². The molecule has 0 spiro atoms. The van der Waals surface area contributed by atoms with Crippen LogP contribution in [0.4, 0.5) is 0 Å². The molecular formula is C10H19NO2. The Kier molecular flexibility index (Phi) is 3.72. The fourth-order valence-electron chi connectivity index (χ4n) is 1.76. The molecule has 0 aliphatic carbocycles. The van der Waals surface area contributed by atoms with Crippen molar-refractivity contribution < 1.29 is 9.53 Å². The lowest BCUT2D eigenvalue weighted by molar-refractivity contribution is -0.144. The third kappa shape index (κ3) is 2.44. The van der Waals surface area contributed by atoms with Gasteiger partial charge in [0, 0.05) is 19.7 Å². The third-order valence-electron chi connectivity index (χ3n) is 2.79. The quantitative estimate of drug-likeness (QED) is 0.651. The standard InChI is InChI=1S/C10H19NO2/c1-8-6-4-5-7-11(8)10(12)9(2)13-3/h8-9H,4-7H2,1-3H3. The topological polar surface area (TPSA) is 29.5 Å². The molecule has 76 valence electrons. The average molecular weight is 185 g/mol. The lowest BCUT2D eigenvalue weighted by Crippen LogP contribution is -2.46. The van der Waals surface area contributed by atoms with E-state index in [0.717, 1.165) is 19.4 Å². The number of nitrogens with zero attached hydrogens (tertiary/aromatic N) is 1. The van der Waals surface area contributed by atoms with Crippen molar-refractivity contribution in [1.82, 2.24) is 4.90 Å². The fourth-order valence-corrected chi connectivity index (χ4v) is 1.76. The molecule has 2 atom stereocenters. The van der Waals surface area contributed by atoms with Gasteiger partial charge in [-0.1, -0.05) is 0 Å². The summed E-state index contributed by atoms with van der Waals surface area (Å²) in [5.74, 6) is 0.134. The van der Waals surface area contributed by atoms with Gasteiger partial charge in [0.15, 0.2) is 0 Å². The monoisotopic (exact) mass is 185 g/mol. The Balaban J connectivity index is 2.53. The molecule has 0 radical (unpaired) electrons. The zero-order valence-electron chi connectivity index (χ0n) is 8.75. The maximum Gasteiger partial charge on any atom is 0.251 e. The summed E-state index contributed by atoms with van der Waals surface area (Å²) >= 11 is 0. The van der Waals surface area contributed by atoms with E-state index in [1.54, 1.807) is 7.11 Å². The van der Waals surface area contributed by atoms with Gasteiger partial charge in [-0.05, 0) is 33.1 Å². The van der Waals surface area contributed by atoms with Crippen molar-refractivity contribution in [2.24, 2.45) is 0 Å². The van der Waals surface area contributed by atoms with E-state index < -0.39 is 0 Å². The van der Waals surface area contributed by atoms with E-state index in [0.29, 0.717) is 6.04 Å². The highest BCUT2D eigenvalue weighted by Gasteiger charge is 2.26. The Bertz CT molecular complexity index is 182. The summed E-state index contributed by atoms with van der Waals surface area (Å²) in [6.45, 7) is 4.82. The van der Waals surface area contributed by atoms with Gasteiger partial charge in [-0.15, -0.1) is 0 Å². The number of carbonyl (C=O) groups excluding carboxylic acids is 1. The van der Waals surface area contributed by atoms with E-state index in [2.05, 4.69) is 6.92 Å². The maximum atomic E-state index is 11.7. The van der Waals surface area contributed by atoms with Crippen molar-refractivity contribution in [3.63, 3.8) is 0 Å². The van der Waals surface area contributed by atoms with Crippen LogP contribution in [-0.2, 0) is 9.53 Å². The predicted molar refractivity (Wildman–Crippen MR) is 51.5 cm³/mol. The molecule has 1 rings (SSSR count). The molecule has 13 heavy (non-hydrogen) atoms. The second-order valence-corrected chi connectivity index (χ2v) is 3.75. The van der Waals surface area contributed by atoms with Crippen LogP contribution in [0.25, 0.3) is 0 Å². The Labute approximate surface area is 80.1 Å². The van der Waals surface area contributed by atoms with Crippen molar-refractivity contribution in [2.45, 2.75) is 45.3 Å². The number of hydrogen-bond donors (Lipinski definition) is 0. The second-order valence-electron chi connectivity index (χ2n) is 3.75. The first-order valence-electron chi connectivity index (χ1n) is 5.00. The van der Waals surface area contributed by atoms with E-state index in [4.69, 9.17) is 4.74 Å². The summed E-state index contributed by atoms with van der Waals surface area (Å²) in [6.07, 6.45) is 3.21. The summed E-state index contributed by atoms with van der Waals surface area (Å²) in [4.78, 5) is 13.7. The SMILES string of the molecule is COC(C)C(=O)N1CCCCC1C. The van der Waals surface area contributed by atoms with Crippen LogP contribution in [0, 0.1) is 0 Å². The summed E-state index contributed by atoms with van der Waals surface area (Å²) in [7, 11) is 1.58. The first kappa shape index (κ1) is 10.5. The second kappa shape index (κ2) is 4.61. The van der Waals surface area contributed by atoms with E-state index >= 15 is 0 Å². The van der Waals surface area contributed by atoms with Crippen LogP contribution in [0.3, 0.4) is 0 Å². The number of hydrogen-bond acceptors (Lipinski definition) is 2. The van der Waals surface area contributed by atoms with Crippen LogP contribution >= 0.6 is 0 Å². The molecule has 0 saturated carbocycles. The molecule has 0 aromatic carbocycles. The summed E-state index contributed by atoms with van der Waals surface area (Å²) in [5, 5.41) is 0. The minimum atomic E-state index is -0.291. The van der Waals surface area contributed by atoms with Gasteiger partial charge < -0.3 is 9.64 Å². The zero-order chi connectivity index (χ0) is 9.84. The molecule has 0 bridgehead atoms. The number of rotatable bonds is 2. The minimum absolute atomic E-state index is 0.134. The Morgan fingerprint density at radius 2 is 2.23 bits per heavy atom. The normalized spacial score (nSPS) is 25.8. The fraction of sp³-hybridized carbons (Fsp3) is 0.900. The van der Waals surface area contributed by atoms with Crippen LogP contribution < -0.4 is 0 Å². The van der Waals surface area contributed by atoms with Crippen LogP contribution in [-0.4, -0.2) is 36.6 Å². The molecule has 3 nitrogen and oxygen atoms in total. The van der Waals surface area contributed by atoms with E-state index in [1.165, 1.54) is 6.42 Å². The Morgan fingerprint density at radius 3 is 2.77 bits per heavy atom. The summed E-state index contributed by atoms with van der Waals surface area (Å²) < 4.78 is 5.02. The highest BCUT2D eigenvalue weighted by atomic mass is 16.5. The highest BCUT2D eigenvalue weighted by Crippen LogP contribution is 2.17. The van der Waals surface area contributed by atoms with Crippen molar-refractivity contribution in [1.29, 1.82) is 0 Å². The van der Waals surface area contributed by atoms with Gasteiger partial charge in [-0.3, -0.25) is 4.79 Å². The number of piperidine rings is 1. The number of amides is 1. The maximum absolute atomic E-state index is 11.7. The molecule has 0 N–H and O–H groups in total. The van der Waals surface area contributed by atoms with Gasteiger partial charge in [-0.25, -0.2) is 0 Å². The van der Waals surface area contributed by atoms with Crippen LogP contribution in [0.15, 0.2) is 0 Å². The predicted octanol–water partition coefficient (Wildman–Crippen LogP) is 1.42. The Hall–Kier alpha value is -0.570. The number of carbonyl (C=O) groups is 1. The molecule has 1 saturated heterocycles. The van der Waals surface area contributed by atoms with Crippen molar-refractivity contribution in [2.75, 3.05) is 13.7 Å². The Morgan fingerprint density at radius 1 is 1.54 bits per heavy atom. The zero-order valence-corrected chi connectivity index (χ0v) is 8.75. The number of likely N-dealkylation sites (tertiary alicyclic amines) is 1. The smallest absolute Gasteiger partial charge is 0.251 e. The van der Waals surface area contributed by atoms with Gasteiger partial charge in [0.05, 0.1) is 0 Å². The molecule has 1 aliphatic heterocycles. The summed E-state index contributed by atoms with van der Waals surface area (Å²) in [6, 6.07) is 0.388. The number of ether oxygens (including phenoxy) is 1.